The molecular formula is C17H24N2O2S. The van der Waals surface area contributed by atoms with Gasteiger partial charge in [-0.3, -0.25) is 4.79 Å². The lowest BCUT2D eigenvalue weighted by Crippen LogP contribution is -2.47. The minimum absolute atomic E-state index is 0.0880. The number of ether oxygens (including phenoxy) is 1. The van der Waals surface area contributed by atoms with E-state index in [4.69, 9.17) is 17.0 Å². The van der Waals surface area contributed by atoms with Crippen molar-refractivity contribution >= 4 is 23.3 Å². The van der Waals surface area contributed by atoms with E-state index in [1.165, 1.54) is 5.56 Å². The van der Waals surface area contributed by atoms with E-state index in [0.29, 0.717) is 18.3 Å². The third kappa shape index (κ3) is 3.97. The number of hydrogen-bond donors (Lipinski definition) is 1. The Balaban J connectivity index is 2.17. The van der Waals surface area contributed by atoms with Gasteiger partial charge in [-0.1, -0.05) is 36.8 Å². The van der Waals surface area contributed by atoms with Crippen LogP contribution in [0.25, 0.3) is 0 Å². The zero-order chi connectivity index (χ0) is 15.9. The highest BCUT2D eigenvalue weighted by Crippen LogP contribution is 2.32. The van der Waals surface area contributed by atoms with Crippen molar-refractivity contribution in [3.8, 4) is 0 Å². The smallest absolute Gasteiger partial charge is 0.311 e. The van der Waals surface area contributed by atoms with E-state index in [1.807, 2.05) is 32.2 Å². The van der Waals surface area contributed by atoms with Gasteiger partial charge in [0.2, 0.25) is 0 Å². The summed E-state index contributed by atoms with van der Waals surface area (Å²) in [4.78, 5) is 14.3. The van der Waals surface area contributed by atoms with Crippen LogP contribution in [0.4, 0.5) is 0 Å². The summed E-state index contributed by atoms with van der Waals surface area (Å²) in [6.07, 6.45) is 2.88. The molecule has 22 heavy (non-hydrogen) atoms. The van der Waals surface area contributed by atoms with Crippen molar-refractivity contribution in [2.45, 2.75) is 38.8 Å². The third-order valence-electron chi connectivity index (χ3n) is 4.14. The highest BCUT2D eigenvalue weighted by Gasteiger charge is 2.38. The van der Waals surface area contributed by atoms with Crippen LogP contribution in [0.3, 0.4) is 0 Å². The van der Waals surface area contributed by atoms with Crippen molar-refractivity contribution in [2.24, 2.45) is 5.92 Å². The Bertz CT molecular complexity index is 507. The van der Waals surface area contributed by atoms with Crippen LogP contribution < -0.4 is 5.32 Å². The SMILES string of the molecule is CCOC(=O)[C@@H]1CCC[C@@H]1N(Cc1ccccc1)C(=S)NC. The van der Waals surface area contributed by atoms with Gasteiger partial charge in [-0.2, -0.15) is 0 Å². The van der Waals surface area contributed by atoms with Crippen molar-refractivity contribution in [3.63, 3.8) is 0 Å². The van der Waals surface area contributed by atoms with Crippen LogP contribution in [-0.4, -0.2) is 35.7 Å². The molecule has 1 aliphatic carbocycles. The van der Waals surface area contributed by atoms with E-state index < -0.39 is 0 Å². The van der Waals surface area contributed by atoms with E-state index in [1.54, 1.807) is 0 Å². The van der Waals surface area contributed by atoms with Crippen molar-refractivity contribution in [1.29, 1.82) is 0 Å². The lowest BCUT2D eigenvalue weighted by Gasteiger charge is -2.34. The third-order valence-corrected chi connectivity index (χ3v) is 4.58. The zero-order valence-corrected chi connectivity index (χ0v) is 14.1. The zero-order valence-electron chi connectivity index (χ0n) is 13.2. The van der Waals surface area contributed by atoms with Crippen LogP contribution >= 0.6 is 12.2 Å². The summed E-state index contributed by atoms with van der Waals surface area (Å²) >= 11 is 5.48. The highest BCUT2D eigenvalue weighted by molar-refractivity contribution is 7.80. The number of rotatable bonds is 5. The number of benzene rings is 1. The average molecular weight is 320 g/mol. The van der Waals surface area contributed by atoms with Gasteiger partial charge in [0.05, 0.1) is 12.5 Å². The largest absolute Gasteiger partial charge is 0.466 e. The van der Waals surface area contributed by atoms with Crippen LogP contribution in [0.15, 0.2) is 30.3 Å². The minimum atomic E-state index is -0.0954. The highest BCUT2D eigenvalue weighted by atomic mass is 32.1. The number of nitrogens with zero attached hydrogens (tertiary/aromatic N) is 1. The number of esters is 1. The topological polar surface area (TPSA) is 41.6 Å². The fourth-order valence-electron chi connectivity index (χ4n) is 3.10. The molecule has 2 atom stereocenters. The van der Waals surface area contributed by atoms with Gasteiger partial charge in [0.1, 0.15) is 0 Å². The summed E-state index contributed by atoms with van der Waals surface area (Å²) in [5, 5.41) is 3.74. The molecule has 0 unspecified atom stereocenters. The Labute approximate surface area is 137 Å². The molecule has 0 heterocycles. The molecule has 1 N–H and O–H groups in total. The Morgan fingerprint density at radius 1 is 1.36 bits per heavy atom. The summed E-state index contributed by atoms with van der Waals surface area (Å²) in [5.74, 6) is -0.183. The summed E-state index contributed by atoms with van der Waals surface area (Å²) in [6, 6.07) is 10.3. The Kier molecular flexibility index (Phi) is 6.19. The molecule has 2 rings (SSSR count). The van der Waals surface area contributed by atoms with Gasteiger partial charge in [-0.25, -0.2) is 0 Å². The average Bonchev–Trinajstić information content (AvgIpc) is 3.02. The Hall–Kier alpha value is -1.62. The van der Waals surface area contributed by atoms with Gasteiger partial charge in [0.25, 0.3) is 0 Å². The second-order valence-corrected chi connectivity index (χ2v) is 5.91. The van der Waals surface area contributed by atoms with Crippen LogP contribution in [0, 0.1) is 5.92 Å². The van der Waals surface area contributed by atoms with Gasteiger partial charge >= 0.3 is 5.97 Å². The molecule has 0 bridgehead atoms. The molecule has 0 spiro atoms. The maximum atomic E-state index is 12.2. The molecule has 1 saturated carbocycles. The van der Waals surface area contributed by atoms with Crippen LogP contribution in [0.2, 0.25) is 0 Å². The van der Waals surface area contributed by atoms with E-state index in [9.17, 15) is 4.79 Å². The lowest BCUT2D eigenvalue weighted by molar-refractivity contribution is -0.149. The van der Waals surface area contributed by atoms with E-state index >= 15 is 0 Å². The van der Waals surface area contributed by atoms with E-state index in [-0.39, 0.29) is 17.9 Å². The first-order valence-corrected chi connectivity index (χ1v) is 8.27. The van der Waals surface area contributed by atoms with Gasteiger partial charge in [-0.05, 0) is 37.5 Å². The van der Waals surface area contributed by atoms with Crippen molar-refractivity contribution < 1.29 is 9.53 Å². The maximum Gasteiger partial charge on any atom is 0.311 e. The van der Waals surface area contributed by atoms with Crippen molar-refractivity contribution in [1.82, 2.24) is 10.2 Å². The first-order valence-electron chi connectivity index (χ1n) is 7.86. The quantitative estimate of drug-likeness (QED) is 0.667. The Morgan fingerprint density at radius 2 is 2.09 bits per heavy atom. The second-order valence-electron chi connectivity index (χ2n) is 5.53. The normalized spacial score (nSPS) is 20.5. The number of thiocarbonyl (C=S) groups is 1. The molecule has 1 aromatic rings. The van der Waals surface area contributed by atoms with Gasteiger partial charge in [0, 0.05) is 19.6 Å². The molecule has 4 nitrogen and oxygen atoms in total. The molecule has 0 aromatic heterocycles. The standard InChI is InChI=1S/C17H24N2O2S/c1-3-21-16(20)14-10-7-11-15(14)19(17(22)18-2)12-13-8-5-4-6-9-13/h4-6,8-9,14-15H,3,7,10-12H2,1-2H3,(H,18,22)/t14-,15+/m1/s1. The van der Waals surface area contributed by atoms with Gasteiger partial charge in [-0.15, -0.1) is 0 Å². The van der Waals surface area contributed by atoms with E-state index in [0.717, 1.165) is 19.3 Å². The predicted molar refractivity (Wildman–Crippen MR) is 91.4 cm³/mol. The summed E-state index contributed by atoms with van der Waals surface area (Å²) in [5.41, 5.74) is 1.19. The van der Waals surface area contributed by atoms with Crippen LogP contribution in [0.1, 0.15) is 31.7 Å². The molecule has 1 aromatic carbocycles. The predicted octanol–water partition coefficient (Wildman–Crippen LogP) is 2.72. The fourth-order valence-corrected chi connectivity index (χ4v) is 3.30. The fraction of sp³-hybridized carbons (Fsp3) is 0.529. The van der Waals surface area contributed by atoms with E-state index in [2.05, 4.69) is 22.3 Å². The summed E-state index contributed by atoms with van der Waals surface area (Å²) in [7, 11) is 1.83. The molecule has 0 radical (unpaired) electrons. The number of carbonyl (C=O) groups excluding carboxylic acids is 1. The summed E-state index contributed by atoms with van der Waals surface area (Å²) < 4.78 is 5.24. The molecule has 1 aliphatic rings. The number of hydrogen-bond acceptors (Lipinski definition) is 3. The molecule has 5 heteroatoms. The monoisotopic (exact) mass is 320 g/mol. The molecule has 0 aliphatic heterocycles. The number of carbonyl (C=O) groups is 1. The minimum Gasteiger partial charge on any atom is -0.466 e. The van der Waals surface area contributed by atoms with Crippen LogP contribution in [0.5, 0.6) is 0 Å². The Morgan fingerprint density at radius 3 is 2.73 bits per heavy atom. The maximum absolute atomic E-state index is 12.2. The van der Waals surface area contributed by atoms with Crippen LogP contribution in [-0.2, 0) is 16.1 Å². The molecular weight excluding hydrogens is 296 g/mol. The van der Waals surface area contributed by atoms with Gasteiger partial charge in [0.15, 0.2) is 5.11 Å². The van der Waals surface area contributed by atoms with Crippen molar-refractivity contribution in [3.05, 3.63) is 35.9 Å². The molecule has 120 valence electrons. The first-order chi connectivity index (χ1) is 10.7. The number of nitrogens with one attached hydrogen (secondary N) is 1. The molecule has 1 fully saturated rings. The lowest BCUT2D eigenvalue weighted by atomic mass is 10.0. The van der Waals surface area contributed by atoms with Crippen molar-refractivity contribution in [2.75, 3.05) is 13.7 Å². The second kappa shape index (κ2) is 8.13. The first kappa shape index (κ1) is 16.7. The molecule has 0 amide bonds. The summed E-state index contributed by atoms with van der Waals surface area (Å²) in [6.45, 7) is 2.99. The molecule has 0 saturated heterocycles. The van der Waals surface area contributed by atoms with Gasteiger partial charge < -0.3 is 15.0 Å².